The Hall–Kier alpha value is -2.61. The Morgan fingerprint density at radius 1 is 1.04 bits per heavy atom. The lowest BCUT2D eigenvalue weighted by molar-refractivity contribution is 0.601. The summed E-state index contributed by atoms with van der Waals surface area (Å²) in [5, 5.41) is 0. The van der Waals surface area contributed by atoms with E-state index in [1.807, 2.05) is 6.92 Å². The minimum Gasteiger partial charge on any atom is -0.295 e. The molecule has 0 amide bonds. The van der Waals surface area contributed by atoms with Crippen molar-refractivity contribution in [2.45, 2.75) is 11.8 Å². The molecule has 0 saturated carbocycles. The Kier molecular flexibility index (Phi) is 3.48. The van der Waals surface area contributed by atoms with Gasteiger partial charge in [-0.2, -0.15) is 0 Å². The van der Waals surface area contributed by atoms with Crippen molar-refractivity contribution in [2.75, 3.05) is 4.72 Å². The van der Waals surface area contributed by atoms with Gasteiger partial charge in [0.15, 0.2) is 0 Å². The predicted octanol–water partition coefficient (Wildman–Crippen LogP) is 1.38. The molecule has 23 heavy (non-hydrogen) atoms. The molecule has 120 valence electrons. The summed E-state index contributed by atoms with van der Waals surface area (Å²) in [6.45, 7) is 1.85. The first kappa shape index (κ1) is 15.3. The van der Waals surface area contributed by atoms with Crippen LogP contribution < -0.4 is 10.4 Å². The van der Waals surface area contributed by atoms with Gasteiger partial charge in [0.05, 0.1) is 15.9 Å². The van der Waals surface area contributed by atoms with Crippen LogP contribution in [0.5, 0.6) is 0 Å². The molecule has 3 aromatic rings. The molecule has 0 atom stereocenters. The average molecular weight is 332 g/mol. The quantitative estimate of drug-likeness (QED) is 0.785. The number of fused-ring (bicyclic) bond motifs is 1. The highest BCUT2D eigenvalue weighted by atomic mass is 32.2. The van der Waals surface area contributed by atoms with Gasteiger partial charge in [-0.3, -0.25) is 13.9 Å². The Morgan fingerprint density at radius 2 is 1.74 bits per heavy atom. The largest absolute Gasteiger partial charge is 0.328 e. The van der Waals surface area contributed by atoms with E-state index in [-0.39, 0.29) is 16.4 Å². The van der Waals surface area contributed by atoms with Crippen molar-refractivity contribution in [3.63, 3.8) is 0 Å². The maximum absolute atomic E-state index is 12.5. The molecule has 0 bridgehead atoms. The Labute approximate surface area is 133 Å². The van der Waals surface area contributed by atoms with Crippen LogP contribution in [0.1, 0.15) is 5.56 Å². The number of aromatic nitrogens is 3. The first-order valence-corrected chi connectivity index (χ1v) is 8.39. The standard InChI is InChI=1S/C15H16N4O3S/c1-10-6-7-16-14(8-10)17-23(21,22)11-4-5-12-13(9-11)19(3)15(20)18(12)2/h4-9H,1-3H3,(H,16,17). The topological polar surface area (TPSA) is 86.0 Å². The maximum Gasteiger partial charge on any atom is 0.328 e. The maximum atomic E-state index is 12.5. The first-order chi connectivity index (χ1) is 10.8. The lowest BCUT2D eigenvalue weighted by atomic mass is 10.3. The zero-order valence-electron chi connectivity index (χ0n) is 12.9. The number of benzene rings is 1. The number of rotatable bonds is 3. The predicted molar refractivity (Wildman–Crippen MR) is 87.9 cm³/mol. The number of anilines is 1. The second kappa shape index (κ2) is 5.24. The molecule has 0 radical (unpaired) electrons. The molecule has 1 N–H and O–H groups in total. The van der Waals surface area contributed by atoms with E-state index in [4.69, 9.17) is 0 Å². The number of nitrogens with zero attached hydrogens (tertiary/aromatic N) is 3. The highest BCUT2D eigenvalue weighted by molar-refractivity contribution is 7.92. The molecule has 7 nitrogen and oxygen atoms in total. The Balaban J connectivity index is 2.08. The number of imidazole rings is 1. The van der Waals surface area contributed by atoms with Gasteiger partial charge in [0, 0.05) is 20.3 Å². The number of aryl methyl sites for hydroxylation is 3. The average Bonchev–Trinajstić information content (AvgIpc) is 2.71. The van der Waals surface area contributed by atoms with Crippen LogP contribution in [0.2, 0.25) is 0 Å². The van der Waals surface area contributed by atoms with E-state index in [9.17, 15) is 13.2 Å². The highest BCUT2D eigenvalue weighted by Gasteiger charge is 2.17. The SMILES string of the molecule is Cc1ccnc(NS(=O)(=O)c2ccc3c(c2)n(C)c(=O)n3C)c1. The van der Waals surface area contributed by atoms with Crippen LogP contribution in [-0.4, -0.2) is 22.5 Å². The van der Waals surface area contributed by atoms with Gasteiger partial charge >= 0.3 is 5.69 Å². The zero-order valence-corrected chi connectivity index (χ0v) is 13.8. The number of hydrogen-bond donors (Lipinski definition) is 1. The smallest absolute Gasteiger partial charge is 0.295 e. The van der Waals surface area contributed by atoms with E-state index in [1.165, 1.54) is 27.5 Å². The summed E-state index contributed by atoms with van der Waals surface area (Å²) in [5.41, 5.74) is 1.92. The third kappa shape index (κ3) is 2.61. The molecule has 0 fully saturated rings. The molecule has 8 heteroatoms. The van der Waals surface area contributed by atoms with Crippen LogP contribution in [0, 0.1) is 6.92 Å². The van der Waals surface area contributed by atoms with Gasteiger partial charge in [0.25, 0.3) is 10.0 Å². The summed E-state index contributed by atoms with van der Waals surface area (Å²) < 4.78 is 30.4. The molecular formula is C15H16N4O3S. The van der Waals surface area contributed by atoms with E-state index >= 15 is 0 Å². The summed E-state index contributed by atoms with van der Waals surface area (Å²) in [6.07, 6.45) is 1.54. The van der Waals surface area contributed by atoms with Crippen molar-refractivity contribution >= 4 is 26.9 Å². The molecule has 0 aliphatic carbocycles. The van der Waals surface area contributed by atoms with Crippen LogP contribution in [0.4, 0.5) is 5.82 Å². The molecular weight excluding hydrogens is 316 g/mol. The van der Waals surface area contributed by atoms with Crippen molar-refractivity contribution < 1.29 is 8.42 Å². The third-order valence-corrected chi connectivity index (χ3v) is 5.06. The molecule has 0 unspecified atom stereocenters. The minimum absolute atomic E-state index is 0.0782. The van der Waals surface area contributed by atoms with E-state index in [0.29, 0.717) is 11.0 Å². The van der Waals surface area contributed by atoms with Crippen LogP contribution in [0.15, 0.2) is 46.2 Å². The molecule has 3 rings (SSSR count). The number of sulfonamides is 1. The van der Waals surface area contributed by atoms with Gasteiger partial charge in [-0.05, 0) is 42.8 Å². The molecule has 2 heterocycles. The fraction of sp³-hybridized carbons (Fsp3) is 0.200. The van der Waals surface area contributed by atoms with E-state index in [1.54, 1.807) is 32.3 Å². The zero-order chi connectivity index (χ0) is 16.8. The number of pyridine rings is 1. The summed E-state index contributed by atoms with van der Waals surface area (Å²) in [6, 6.07) is 8.00. The minimum atomic E-state index is -3.78. The fourth-order valence-corrected chi connectivity index (χ4v) is 3.46. The number of nitrogens with one attached hydrogen (secondary N) is 1. The monoisotopic (exact) mass is 332 g/mol. The van der Waals surface area contributed by atoms with Gasteiger partial charge in [0.2, 0.25) is 0 Å². The van der Waals surface area contributed by atoms with Crippen molar-refractivity contribution in [2.24, 2.45) is 14.1 Å². The molecule has 0 aliphatic heterocycles. The lowest BCUT2D eigenvalue weighted by Crippen LogP contribution is -2.19. The van der Waals surface area contributed by atoms with Gasteiger partial charge in [-0.1, -0.05) is 0 Å². The molecule has 0 aliphatic rings. The van der Waals surface area contributed by atoms with Crippen LogP contribution in [-0.2, 0) is 24.1 Å². The van der Waals surface area contributed by atoms with Crippen molar-refractivity contribution in [3.05, 3.63) is 52.6 Å². The van der Waals surface area contributed by atoms with Gasteiger partial charge < -0.3 is 0 Å². The van der Waals surface area contributed by atoms with Crippen molar-refractivity contribution in [3.8, 4) is 0 Å². The Bertz CT molecular complexity index is 1060. The van der Waals surface area contributed by atoms with Crippen LogP contribution in [0.25, 0.3) is 11.0 Å². The van der Waals surface area contributed by atoms with Crippen molar-refractivity contribution in [1.82, 2.24) is 14.1 Å². The van der Waals surface area contributed by atoms with Crippen LogP contribution >= 0.6 is 0 Å². The van der Waals surface area contributed by atoms with Gasteiger partial charge in [-0.25, -0.2) is 18.2 Å². The summed E-state index contributed by atoms with van der Waals surface area (Å²) in [5.74, 6) is 0.257. The molecule has 1 aromatic carbocycles. The van der Waals surface area contributed by atoms with Gasteiger partial charge in [0.1, 0.15) is 5.82 Å². The third-order valence-electron chi connectivity index (χ3n) is 3.71. The van der Waals surface area contributed by atoms with E-state index < -0.39 is 10.0 Å². The normalized spacial score (nSPS) is 11.8. The summed E-state index contributed by atoms with van der Waals surface area (Å²) >= 11 is 0. The molecule has 2 aromatic heterocycles. The summed E-state index contributed by atoms with van der Waals surface area (Å²) in [4.78, 5) is 16.0. The van der Waals surface area contributed by atoms with Crippen molar-refractivity contribution in [1.29, 1.82) is 0 Å². The van der Waals surface area contributed by atoms with E-state index in [2.05, 4.69) is 9.71 Å². The van der Waals surface area contributed by atoms with Gasteiger partial charge in [-0.15, -0.1) is 0 Å². The second-order valence-corrected chi connectivity index (χ2v) is 7.06. The first-order valence-electron chi connectivity index (χ1n) is 6.90. The lowest BCUT2D eigenvalue weighted by Gasteiger charge is -2.08. The Morgan fingerprint density at radius 3 is 2.43 bits per heavy atom. The molecule has 0 saturated heterocycles. The second-order valence-electron chi connectivity index (χ2n) is 5.38. The van der Waals surface area contributed by atoms with Crippen LogP contribution in [0.3, 0.4) is 0 Å². The highest BCUT2D eigenvalue weighted by Crippen LogP contribution is 2.20. The number of hydrogen-bond acceptors (Lipinski definition) is 4. The fourth-order valence-electron chi connectivity index (χ4n) is 2.44. The molecule has 0 spiro atoms. The summed E-state index contributed by atoms with van der Waals surface area (Å²) in [7, 11) is -0.525. The van der Waals surface area contributed by atoms with E-state index in [0.717, 1.165) is 5.56 Å².